The van der Waals surface area contributed by atoms with E-state index < -0.39 is 0 Å². The molecule has 0 saturated heterocycles. The predicted octanol–water partition coefficient (Wildman–Crippen LogP) is 3.83. The van der Waals surface area contributed by atoms with Gasteiger partial charge in [0.15, 0.2) is 0 Å². The van der Waals surface area contributed by atoms with Crippen LogP contribution in [0, 0.1) is 0 Å². The highest BCUT2D eigenvalue weighted by Gasteiger charge is 2.03. The molecule has 0 amide bonds. The van der Waals surface area contributed by atoms with E-state index in [0.29, 0.717) is 15.7 Å². The molecule has 17 heavy (non-hydrogen) atoms. The van der Waals surface area contributed by atoms with Crippen molar-refractivity contribution in [2.24, 2.45) is 5.10 Å². The van der Waals surface area contributed by atoms with E-state index in [-0.39, 0.29) is 0 Å². The summed E-state index contributed by atoms with van der Waals surface area (Å²) in [7, 11) is 0. The highest BCUT2D eigenvalue weighted by molar-refractivity contribution is 6.38. The lowest BCUT2D eigenvalue weighted by Crippen LogP contribution is -1.93. The molecule has 0 saturated carbocycles. The molecule has 1 aromatic carbocycles. The van der Waals surface area contributed by atoms with Gasteiger partial charge in [0.05, 0.1) is 21.9 Å². The SMILES string of the molecule is Clc1cncc(Cl)c1NN=Cc1ccccc1. The van der Waals surface area contributed by atoms with Gasteiger partial charge >= 0.3 is 0 Å². The van der Waals surface area contributed by atoms with Crippen molar-refractivity contribution in [3.8, 4) is 0 Å². The largest absolute Gasteiger partial charge is 0.275 e. The molecule has 86 valence electrons. The van der Waals surface area contributed by atoms with Gasteiger partial charge in [-0.2, -0.15) is 5.10 Å². The number of pyridine rings is 1. The third-order valence-corrected chi connectivity index (χ3v) is 2.62. The molecule has 0 unspecified atom stereocenters. The molecule has 3 nitrogen and oxygen atoms in total. The maximum Gasteiger partial charge on any atom is 0.0965 e. The molecule has 2 rings (SSSR count). The van der Waals surface area contributed by atoms with Crippen molar-refractivity contribution in [3.63, 3.8) is 0 Å². The first kappa shape index (κ1) is 11.9. The lowest BCUT2D eigenvalue weighted by molar-refractivity contribution is 1.28. The highest BCUT2D eigenvalue weighted by atomic mass is 35.5. The number of benzene rings is 1. The first-order valence-electron chi connectivity index (χ1n) is 4.90. The van der Waals surface area contributed by atoms with Gasteiger partial charge in [0, 0.05) is 12.4 Å². The van der Waals surface area contributed by atoms with E-state index in [2.05, 4.69) is 15.5 Å². The van der Waals surface area contributed by atoms with E-state index in [0.717, 1.165) is 5.56 Å². The Balaban J connectivity index is 2.10. The number of nitrogens with zero attached hydrogens (tertiary/aromatic N) is 2. The van der Waals surface area contributed by atoms with E-state index >= 15 is 0 Å². The second kappa shape index (κ2) is 5.66. The molecule has 0 aliphatic rings. The smallest absolute Gasteiger partial charge is 0.0965 e. The second-order valence-corrected chi connectivity index (χ2v) is 4.07. The van der Waals surface area contributed by atoms with Gasteiger partial charge in [0.2, 0.25) is 0 Å². The molecular weight excluding hydrogens is 257 g/mol. The van der Waals surface area contributed by atoms with Crippen molar-refractivity contribution in [1.29, 1.82) is 0 Å². The van der Waals surface area contributed by atoms with E-state index in [1.165, 1.54) is 12.4 Å². The van der Waals surface area contributed by atoms with Crippen LogP contribution < -0.4 is 5.43 Å². The molecule has 0 aliphatic carbocycles. The number of hydrogen-bond acceptors (Lipinski definition) is 3. The van der Waals surface area contributed by atoms with Crippen molar-refractivity contribution in [2.75, 3.05) is 5.43 Å². The lowest BCUT2D eigenvalue weighted by atomic mass is 10.2. The Morgan fingerprint density at radius 2 is 1.71 bits per heavy atom. The number of anilines is 1. The molecule has 2 aromatic rings. The van der Waals surface area contributed by atoms with Crippen LogP contribution in [0.3, 0.4) is 0 Å². The molecule has 0 atom stereocenters. The third kappa shape index (κ3) is 3.19. The Labute approximate surface area is 109 Å². The zero-order chi connectivity index (χ0) is 12.1. The summed E-state index contributed by atoms with van der Waals surface area (Å²) in [5, 5.41) is 4.93. The number of hydrazone groups is 1. The maximum atomic E-state index is 5.93. The Bertz CT molecular complexity index is 506. The van der Waals surface area contributed by atoms with E-state index in [1.54, 1.807) is 6.21 Å². The molecule has 0 bridgehead atoms. The molecule has 1 aromatic heterocycles. The van der Waals surface area contributed by atoms with E-state index in [4.69, 9.17) is 23.2 Å². The second-order valence-electron chi connectivity index (χ2n) is 3.26. The molecule has 0 aliphatic heterocycles. The van der Waals surface area contributed by atoms with Crippen molar-refractivity contribution < 1.29 is 0 Å². The van der Waals surface area contributed by atoms with Gasteiger partial charge in [-0.1, -0.05) is 53.5 Å². The Morgan fingerprint density at radius 3 is 2.35 bits per heavy atom. The van der Waals surface area contributed by atoms with Crippen molar-refractivity contribution in [3.05, 3.63) is 58.3 Å². The monoisotopic (exact) mass is 265 g/mol. The summed E-state index contributed by atoms with van der Waals surface area (Å²) in [6, 6.07) is 9.71. The van der Waals surface area contributed by atoms with Gasteiger partial charge in [0.25, 0.3) is 0 Å². The van der Waals surface area contributed by atoms with Gasteiger partial charge in [-0.05, 0) is 5.56 Å². The van der Waals surface area contributed by atoms with Crippen LogP contribution in [0.4, 0.5) is 5.69 Å². The number of rotatable bonds is 3. The van der Waals surface area contributed by atoms with Crippen LogP contribution in [0.2, 0.25) is 10.0 Å². The van der Waals surface area contributed by atoms with Gasteiger partial charge in [-0.15, -0.1) is 0 Å². The molecule has 0 radical (unpaired) electrons. The minimum absolute atomic E-state index is 0.433. The average molecular weight is 266 g/mol. The fraction of sp³-hybridized carbons (Fsp3) is 0. The molecule has 0 fully saturated rings. The maximum absolute atomic E-state index is 5.93. The zero-order valence-corrected chi connectivity index (χ0v) is 10.3. The molecule has 1 N–H and O–H groups in total. The zero-order valence-electron chi connectivity index (χ0n) is 8.77. The number of nitrogens with one attached hydrogen (secondary N) is 1. The first-order chi connectivity index (χ1) is 8.27. The van der Waals surface area contributed by atoms with Crippen LogP contribution in [-0.2, 0) is 0 Å². The number of halogens is 2. The quantitative estimate of drug-likeness (QED) is 0.677. The Morgan fingerprint density at radius 1 is 1.06 bits per heavy atom. The van der Waals surface area contributed by atoms with E-state index in [9.17, 15) is 0 Å². The predicted molar refractivity (Wildman–Crippen MR) is 71.9 cm³/mol. The van der Waals surface area contributed by atoms with Crippen molar-refractivity contribution in [2.45, 2.75) is 0 Å². The van der Waals surface area contributed by atoms with Crippen LogP contribution in [0.5, 0.6) is 0 Å². The summed E-state index contributed by atoms with van der Waals surface area (Å²) in [5.74, 6) is 0. The summed E-state index contributed by atoms with van der Waals surface area (Å²) < 4.78 is 0. The molecule has 0 spiro atoms. The fourth-order valence-corrected chi connectivity index (χ4v) is 1.68. The van der Waals surface area contributed by atoms with Crippen LogP contribution in [0.25, 0.3) is 0 Å². The van der Waals surface area contributed by atoms with Crippen LogP contribution >= 0.6 is 23.2 Å². The van der Waals surface area contributed by atoms with Crippen molar-refractivity contribution in [1.82, 2.24) is 4.98 Å². The summed E-state index contributed by atoms with van der Waals surface area (Å²) >= 11 is 11.9. The number of aromatic nitrogens is 1. The first-order valence-corrected chi connectivity index (χ1v) is 5.66. The minimum Gasteiger partial charge on any atom is -0.275 e. The van der Waals surface area contributed by atoms with Crippen LogP contribution in [0.15, 0.2) is 47.8 Å². The minimum atomic E-state index is 0.433. The van der Waals surface area contributed by atoms with Crippen LogP contribution in [0.1, 0.15) is 5.56 Å². The van der Waals surface area contributed by atoms with Gasteiger partial charge in [-0.3, -0.25) is 10.4 Å². The fourth-order valence-electron chi connectivity index (χ4n) is 1.23. The molecule has 1 heterocycles. The van der Waals surface area contributed by atoms with Gasteiger partial charge < -0.3 is 0 Å². The third-order valence-electron chi connectivity index (χ3n) is 2.04. The summed E-state index contributed by atoms with van der Waals surface area (Å²) in [6.07, 6.45) is 4.70. The number of hydrogen-bond donors (Lipinski definition) is 1. The topological polar surface area (TPSA) is 37.3 Å². The summed E-state index contributed by atoms with van der Waals surface area (Å²) in [4.78, 5) is 3.85. The average Bonchev–Trinajstić information content (AvgIpc) is 2.34. The Kier molecular flexibility index (Phi) is 3.96. The normalized spacial score (nSPS) is 10.7. The highest BCUT2D eigenvalue weighted by Crippen LogP contribution is 2.28. The molecule has 5 heteroatoms. The lowest BCUT2D eigenvalue weighted by Gasteiger charge is -2.04. The Hall–Kier alpha value is -1.58. The van der Waals surface area contributed by atoms with Crippen LogP contribution in [-0.4, -0.2) is 11.2 Å². The summed E-state index contributed by atoms with van der Waals surface area (Å²) in [5.41, 5.74) is 4.33. The van der Waals surface area contributed by atoms with E-state index in [1.807, 2.05) is 30.3 Å². The summed E-state index contributed by atoms with van der Waals surface area (Å²) in [6.45, 7) is 0. The van der Waals surface area contributed by atoms with Gasteiger partial charge in [-0.25, -0.2) is 0 Å². The standard InChI is InChI=1S/C12H9Cl2N3/c13-10-7-15-8-11(14)12(10)17-16-6-9-4-2-1-3-5-9/h1-8H,(H,15,17). The van der Waals surface area contributed by atoms with Crippen molar-refractivity contribution >= 4 is 35.1 Å². The van der Waals surface area contributed by atoms with Gasteiger partial charge in [0.1, 0.15) is 0 Å². The molecular formula is C12H9Cl2N3.